The number of hydrogen-bond donors (Lipinski definition) is 0. The molecule has 0 unspecified atom stereocenters. The summed E-state index contributed by atoms with van der Waals surface area (Å²) in [6, 6.07) is 17.0. The van der Waals surface area contributed by atoms with Crippen LogP contribution in [0.3, 0.4) is 0 Å². The first-order valence-electron chi connectivity index (χ1n) is 10.2. The zero-order chi connectivity index (χ0) is 21.4. The van der Waals surface area contributed by atoms with Gasteiger partial charge in [0, 0.05) is 33.7 Å². The highest BCUT2D eigenvalue weighted by molar-refractivity contribution is 6.14. The minimum Gasteiger partial charge on any atom is -0.456 e. The standard InChI is InChI=1S/C22H10F2O2.2C2H6/c23-13-1-3-15-17-5-11-8-20-18(16-4-2-14(24)10-22(16)26-20)6-12(11)7-19(17)25-21(15)9-13;2*1-2/h1-10H;2*1-2H3. The molecule has 0 aliphatic carbocycles. The van der Waals surface area contributed by atoms with Crippen LogP contribution in [-0.2, 0) is 0 Å². The second kappa shape index (κ2) is 7.79. The summed E-state index contributed by atoms with van der Waals surface area (Å²) in [4.78, 5) is 0. The van der Waals surface area contributed by atoms with Crippen LogP contribution in [0.5, 0.6) is 0 Å². The Balaban J connectivity index is 0.000000516. The van der Waals surface area contributed by atoms with E-state index in [1.54, 1.807) is 12.1 Å². The Kier molecular flexibility index (Phi) is 5.17. The van der Waals surface area contributed by atoms with Crippen LogP contribution < -0.4 is 0 Å². The Morgan fingerprint density at radius 1 is 0.467 bits per heavy atom. The first-order valence-corrected chi connectivity index (χ1v) is 10.2. The lowest BCUT2D eigenvalue weighted by molar-refractivity contribution is 0.617. The summed E-state index contributed by atoms with van der Waals surface area (Å²) in [5.41, 5.74) is 2.47. The van der Waals surface area contributed by atoms with E-state index in [9.17, 15) is 8.78 Å². The van der Waals surface area contributed by atoms with Gasteiger partial charge < -0.3 is 8.83 Å². The highest BCUT2D eigenvalue weighted by Crippen LogP contribution is 2.36. The van der Waals surface area contributed by atoms with Gasteiger partial charge in [0.1, 0.15) is 34.0 Å². The Hall–Kier alpha value is -3.40. The summed E-state index contributed by atoms with van der Waals surface area (Å²) in [6.07, 6.45) is 0. The quantitative estimate of drug-likeness (QED) is 0.252. The molecule has 30 heavy (non-hydrogen) atoms. The van der Waals surface area contributed by atoms with E-state index in [1.165, 1.54) is 24.3 Å². The van der Waals surface area contributed by atoms with Crippen LogP contribution in [0, 0.1) is 11.6 Å². The van der Waals surface area contributed by atoms with E-state index in [0.29, 0.717) is 22.3 Å². The van der Waals surface area contributed by atoms with E-state index >= 15 is 0 Å². The van der Waals surface area contributed by atoms with Crippen molar-refractivity contribution >= 4 is 54.6 Å². The predicted molar refractivity (Wildman–Crippen MR) is 121 cm³/mol. The second-order valence-corrected chi connectivity index (χ2v) is 6.53. The van der Waals surface area contributed by atoms with Crippen LogP contribution in [-0.4, -0.2) is 0 Å². The van der Waals surface area contributed by atoms with E-state index < -0.39 is 0 Å². The lowest BCUT2D eigenvalue weighted by Crippen LogP contribution is -1.75. The van der Waals surface area contributed by atoms with Crippen molar-refractivity contribution in [3.8, 4) is 0 Å². The smallest absolute Gasteiger partial charge is 0.138 e. The van der Waals surface area contributed by atoms with Crippen molar-refractivity contribution in [2.75, 3.05) is 0 Å². The van der Waals surface area contributed by atoms with Crippen LogP contribution in [0.25, 0.3) is 54.6 Å². The summed E-state index contributed by atoms with van der Waals surface area (Å²) in [5, 5.41) is 5.56. The Morgan fingerprint density at radius 3 is 1.23 bits per heavy atom. The normalized spacial score (nSPS) is 11.0. The molecule has 0 atom stereocenters. The molecule has 0 aliphatic rings. The van der Waals surface area contributed by atoms with Gasteiger partial charge >= 0.3 is 0 Å². The van der Waals surface area contributed by atoms with Crippen molar-refractivity contribution in [2.45, 2.75) is 27.7 Å². The third kappa shape index (κ3) is 3.09. The van der Waals surface area contributed by atoms with E-state index in [0.717, 1.165) is 32.3 Å². The average molecular weight is 404 g/mol. The Morgan fingerprint density at radius 2 is 0.833 bits per heavy atom. The second-order valence-electron chi connectivity index (χ2n) is 6.53. The van der Waals surface area contributed by atoms with Gasteiger partial charge in [0.15, 0.2) is 0 Å². The largest absolute Gasteiger partial charge is 0.456 e. The Bertz CT molecular complexity index is 1390. The van der Waals surface area contributed by atoms with Crippen molar-refractivity contribution in [1.82, 2.24) is 0 Å². The van der Waals surface area contributed by atoms with Crippen LogP contribution in [0.4, 0.5) is 8.78 Å². The minimum absolute atomic E-state index is 0.322. The molecule has 6 aromatic rings. The van der Waals surface area contributed by atoms with Crippen LogP contribution in [0.15, 0.2) is 69.5 Å². The molecule has 0 amide bonds. The Labute approximate surface area is 172 Å². The van der Waals surface area contributed by atoms with Crippen LogP contribution >= 0.6 is 0 Å². The third-order valence-corrected chi connectivity index (χ3v) is 4.94. The molecule has 6 rings (SSSR count). The monoisotopic (exact) mass is 404 g/mol. The van der Waals surface area contributed by atoms with E-state index in [-0.39, 0.29) is 11.6 Å². The molecular weight excluding hydrogens is 382 g/mol. The van der Waals surface area contributed by atoms with Crippen molar-refractivity contribution in [3.05, 3.63) is 72.3 Å². The van der Waals surface area contributed by atoms with E-state index in [4.69, 9.17) is 8.83 Å². The SMILES string of the molecule is CC.CC.Fc1ccc2c(c1)oc1cc3cc4c(cc3cc12)oc1cc(F)ccc14. The number of furan rings is 2. The van der Waals surface area contributed by atoms with Gasteiger partial charge in [-0.1, -0.05) is 27.7 Å². The molecule has 4 aromatic carbocycles. The number of benzene rings is 4. The lowest BCUT2D eigenvalue weighted by Gasteiger charge is -1.99. The summed E-state index contributed by atoms with van der Waals surface area (Å²) in [6.45, 7) is 8.00. The molecule has 0 aliphatic heterocycles. The lowest BCUT2D eigenvalue weighted by atomic mass is 10.0. The van der Waals surface area contributed by atoms with E-state index in [2.05, 4.69) is 0 Å². The van der Waals surface area contributed by atoms with Crippen molar-refractivity contribution < 1.29 is 17.6 Å². The number of rotatable bonds is 0. The molecule has 0 radical (unpaired) electrons. The molecule has 0 spiro atoms. The first kappa shape index (κ1) is 19.9. The molecule has 0 N–H and O–H groups in total. The molecule has 0 saturated carbocycles. The summed E-state index contributed by atoms with van der Waals surface area (Å²) < 4.78 is 38.6. The van der Waals surface area contributed by atoms with Gasteiger partial charge in [-0.3, -0.25) is 0 Å². The van der Waals surface area contributed by atoms with Gasteiger partial charge in [0.05, 0.1) is 0 Å². The van der Waals surface area contributed by atoms with Gasteiger partial charge in [-0.05, 0) is 59.3 Å². The van der Waals surface area contributed by atoms with Crippen molar-refractivity contribution in [2.24, 2.45) is 0 Å². The van der Waals surface area contributed by atoms with Crippen molar-refractivity contribution in [3.63, 3.8) is 0 Å². The van der Waals surface area contributed by atoms with Gasteiger partial charge in [-0.25, -0.2) is 8.78 Å². The maximum Gasteiger partial charge on any atom is 0.138 e. The fourth-order valence-corrected chi connectivity index (χ4v) is 3.74. The average Bonchev–Trinajstić information content (AvgIpc) is 3.29. The van der Waals surface area contributed by atoms with Gasteiger partial charge in [0.2, 0.25) is 0 Å². The zero-order valence-corrected chi connectivity index (χ0v) is 17.3. The fourth-order valence-electron chi connectivity index (χ4n) is 3.74. The first-order chi connectivity index (χ1) is 14.7. The molecule has 2 aromatic heterocycles. The van der Waals surface area contributed by atoms with Gasteiger partial charge in [-0.2, -0.15) is 0 Å². The maximum absolute atomic E-state index is 13.5. The predicted octanol–water partition coefficient (Wildman–Crippen LogP) is 8.97. The molecule has 2 heterocycles. The molecule has 0 fully saturated rings. The highest BCUT2D eigenvalue weighted by atomic mass is 19.1. The summed E-state index contributed by atoms with van der Waals surface area (Å²) >= 11 is 0. The topological polar surface area (TPSA) is 26.3 Å². The molecule has 0 saturated heterocycles. The summed E-state index contributed by atoms with van der Waals surface area (Å²) in [7, 11) is 0. The molecule has 152 valence electrons. The third-order valence-electron chi connectivity index (χ3n) is 4.94. The fraction of sp³-hybridized carbons (Fsp3) is 0.154. The maximum atomic E-state index is 13.5. The van der Waals surface area contributed by atoms with E-state index in [1.807, 2.05) is 52.0 Å². The van der Waals surface area contributed by atoms with Gasteiger partial charge in [0.25, 0.3) is 0 Å². The van der Waals surface area contributed by atoms with Crippen LogP contribution in [0.2, 0.25) is 0 Å². The van der Waals surface area contributed by atoms with Gasteiger partial charge in [-0.15, -0.1) is 0 Å². The van der Waals surface area contributed by atoms with Crippen molar-refractivity contribution in [1.29, 1.82) is 0 Å². The molecular formula is C26H22F2O2. The molecule has 4 heteroatoms. The minimum atomic E-state index is -0.322. The summed E-state index contributed by atoms with van der Waals surface area (Å²) in [5.74, 6) is -0.644. The van der Waals surface area contributed by atoms with Crippen LogP contribution in [0.1, 0.15) is 27.7 Å². The number of fused-ring (bicyclic) bond motifs is 7. The highest BCUT2D eigenvalue weighted by Gasteiger charge is 2.13. The zero-order valence-electron chi connectivity index (χ0n) is 17.3. The number of halogens is 2. The molecule has 0 bridgehead atoms. The number of hydrogen-bond acceptors (Lipinski definition) is 2. The molecule has 2 nitrogen and oxygen atoms in total.